The van der Waals surface area contributed by atoms with E-state index in [9.17, 15) is 9.59 Å². The monoisotopic (exact) mass is 353 g/mol. The van der Waals surface area contributed by atoms with Crippen LogP contribution in [-0.2, 0) is 4.79 Å². The normalized spacial score (nSPS) is 12.1. The van der Waals surface area contributed by atoms with Crippen LogP contribution in [0.15, 0.2) is 72.8 Å². The van der Waals surface area contributed by atoms with Crippen LogP contribution in [-0.4, -0.2) is 16.3 Å². The molecule has 0 atom stereocenters. The number of fused-ring (bicyclic) bond motifs is 5. The van der Waals surface area contributed by atoms with Gasteiger partial charge in [0.25, 0.3) is 0 Å². The molecule has 0 radical (unpaired) electrons. The highest BCUT2D eigenvalue weighted by atomic mass is 16.5. The third kappa shape index (κ3) is 2.16. The minimum atomic E-state index is -0.410. The molecule has 0 amide bonds. The standard InChI is InChI=1S/C23H15NO3/c1-14(25)27-19-13-7-12-18-20(19)21-22(24(18)15-8-3-2-4-9-15)16-10-5-6-11-17(16)23(21)26/h2-13H,1H3. The Morgan fingerprint density at radius 1 is 0.852 bits per heavy atom. The highest BCUT2D eigenvalue weighted by Crippen LogP contribution is 2.46. The van der Waals surface area contributed by atoms with Crippen LogP contribution in [0.25, 0.3) is 27.8 Å². The van der Waals surface area contributed by atoms with E-state index in [0.29, 0.717) is 22.3 Å². The number of para-hydroxylation sites is 1. The number of benzene rings is 3. The average molecular weight is 353 g/mol. The molecule has 0 saturated heterocycles. The van der Waals surface area contributed by atoms with E-state index in [1.807, 2.05) is 66.7 Å². The van der Waals surface area contributed by atoms with Crippen LogP contribution in [0.2, 0.25) is 0 Å². The number of ether oxygens (including phenoxy) is 1. The number of ketones is 1. The number of aromatic nitrogens is 1. The molecule has 1 heterocycles. The lowest BCUT2D eigenvalue weighted by atomic mass is 10.1. The van der Waals surface area contributed by atoms with Gasteiger partial charge < -0.3 is 9.30 Å². The first-order valence-electron chi connectivity index (χ1n) is 8.72. The Bertz CT molecular complexity index is 1240. The molecule has 0 unspecified atom stereocenters. The SMILES string of the molecule is CC(=O)Oc1cccc2c1c1c(n2-c2ccccc2)-c2ccccc2C1=O. The van der Waals surface area contributed by atoms with Crippen molar-refractivity contribution in [3.63, 3.8) is 0 Å². The van der Waals surface area contributed by atoms with Gasteiger partial charge >= 0.3 is 5.97 Å². The van der Waals surface area contributed by atoms with Crippen molar-refractivity contribution in [2.24, 2.45) is 0 Å². The van der Waals surface area contributed by atoms with Gasteiger partial charge in [-0.1, -0.05) is 48.5 Å². The fourth-order valence-corrected chi connectivity index (χ4v) is 3.89. The fourth-order valence-electron chi connectivity index (χ4n) is 3.89. The van der Waals surface area contributed by atoms with Crippen LogP contribution in [0.5, 0.6) is 5.75 Å². The lowest BCUT2D eigenvalue weighted by Gasteiger charge is -2.11. The van der Waals surface area contributed by atoms with Crippen molar-refractivity contribution in [1.82, 2.24) is 4.57 Å². The first-order valence-corrected chi connectivity index (χ1v) is 8.72. The summed E-state index contributed by atoms with van der Waals surface area (Å²) in [5, 5.41) is 0.674. The summed E-state index contributed by atoms with van der Waals surface area (Å²) in [4.78, 5) is 24.9. The molecule has 0 N–H and O–H groups in total. The zero-order chi connectivity index (χ0) is 18.5. The molecule has 1 aromatic heterocycles. The summed E-state index contributed by atoms with van der Waals surface area (Å²) in [6, 6.07) is 23.0. The summed E-state index contributed by atoms with van der Waals surface area (Å²) in [5.41, 5.74) is 4.79. The average Bonchev–Trinajstić information content (AvgIpc) is 3.17. The largest absolute Gasteiger partial charge is 0.426 e. The van der Waals surface area contributed by atoms with E-state index in [2.05, 4.69) is 4.57 Å². The highest BCUT2D eigenvalue weighted by molar-refractivity contribution is 6.29. The Morgan fingerprint density at radius 3 is 2.30 bits per heavy atom. The highest BCUT2D eigenvalue weighted by Gasteiger charge is 2.35. The predicted molar refractivity (Wildman–Crippen MR) is 103 cm³/mol. The summed E-state index contributed by atoms with van der Waals surface area (Å²) in [5.74, 6) is -0.0429. The third-order valence-electron chi connectivity index (χ3n) is 4.88. The maximum atomic E-state index is 13.2. The third-order valence-corrected chi connectivity index (χ3v) is 4.88. The Hall–Kier alpha value is -3.66. The van der Waals surface area contributed by atoms with Gasteiger partial charge in [0, 0.05) is 23.7 Å². The van der Waals surface area contributed by atoms with Crippen molar-refractivity contribution in [3.05, 3.63) is 83.9 Å². The molecule has 4 aromatic rings. The van der Waals surface area contributed by atoms with Crippen molar-refractivity contribution in [1.29, 1.82) is 0 Å². The van der Waals surface area contributed by atoms with E-state index in [0.717, 1.165) is 22.5 Å². The molecule has 130 valence electrons. The van der Waals surface area contributed by atoms with Crippen LogP contribution >= 0.6 is 0 Å². The molecule has 0 bridgehead atoms. The molecule has 0 spiro atoms. The number of hydrogen-bond acceptors (Lipinski definition) is 3. The van der Waals surface area contributed by atoms with E-state index < -0.39 is 5.97 Å². The Morgan fingerprint density at radius 2 is 1.56 bits per heavy atom. The van der Waals surface area contributed by atoms with Crippen molar-refractivity contribution in [3.8, 4) is 22.7 Å². The van der Waals surface area contributed by atoms with Crippen LogP contribution in [0.3, 0.4) is 0 Å². The van der Waals surface area contributed by atoms with Gasteiger partial charge in [0.05, 0.1) is 22.2 Å². The Labute approximate surface area is 155 Å². The zero-order valence-electron chi connectivity index (χ0n) is 14.6. The lowest BCUT2D eigenvalue weighted by molar-refractivity contribution is -0.131. The van der Waals surface area contributed by atoms with Gasteiger partial charge in [-0.3, -0.25) is 9.59 Å². The molecule has 0 fully saturated rings. The second-order valence-electron chi connectivity index (χ2n) is 6.51. The number of hydrogen-bond donors (Lipinski definition) is 0. The van der Waals surface area contributed by atoms with Crippen molar-refractivity contribution < 1.29 is 14.3 Å². The molecule has 0 aliphatic heterocycles. The zero-order valence-corrected chi connectivity index (χ0v) is 14.6. The molecular weight excluding hydrogens is 338 g/mol. The first kappa shape index (κ1) is 15.6. The molecule has 3 aromatic carbocycles. The predicted octanol–water partition coefficient (Wildman–Crippen LogP) is 4.77. The van der Waals surface area contributed by atoms with E-state index in [1.165, 1.54) is 6.92 Å². The summed E-state index contributed by atoms with van der Waals surface area (Å²) < 4.78 is 7.52. The number of nitrogens with zero attached hydrogens (tertiary/aromatic N) is 1. The molecule has 1 aliphatic carbocycles. The maximum Gasteiger partial charge on any atom is 0.308 e. The summed E-state index contributed by atoms with van der Waals surface area (Å²) in [6.45, 7) is 1.36. The Kier molecular flexibility index (Phi) is 3.28. The summed E-state index contributed by atoms with van der Waals surface area (Å²) in [7, 11) is 0. The lowest BCUT2D eigenvalue weighted by Crippen LogP contribution is -2.03. The molecule has 1 aliphatic rings. The number of esters is 1. The van der Waals surface area contributed by atoms with Crippen LogP contribution in [0.1, 0.15) is 22.8 Å². The number of carbonyl (C=O) groups excluding carboxylic acids is 2. The molecule has 4 nitrogen and oxygen atoms in total. The molecule has 5 rings (SSSR count). The molecule has 27 heavy (non-hydrogen) atoms. The number of rotatable bonds is 2. The van der Waals surface area contributed by atoms with Gasteiger partial charge in [0.2, 0.25) is 0 Å². The summed E-state index contributed by atoms with van der Waals surface area (Å²) in [6.07, 6.45) is 0. The van der Waals surface area contributed by atoms with Crippen LogP contribution < -0.4 is 4.74 Å². The summed E-state index contributed by atoms with van der Waals surface area (Å²) >= 11 is 0. The fraction of sp³-hybridized carbons (Fsp3) is 0.0435. The van der Waals surface area contributed by atoms with E-state index in [4.69, 9.17) is 4.74 Å². The second kappa shape index (κ2) is 5.68. The van der Waals surface area contributed by atoms with Gasteiger partial charge in [0.15, 0.2) is 5.78 Å². The van der Waals surface area contributed by atoms with E-state index in [-0.39, 0.29) is 5.78 Å². The molecular formula is C23H15NO3. The van der Waals surface area contributed by atoms with Crippen molar-refractivity contribution in [2.45, 2.75) is 6.92 Å². The van der Waals surface area contributed by atoms with Crippen molar-refractivity contribution in [2.75, 3.05) is 0 Å². The van der Waals surface area contributed by atoms with Gasteiger partial charge in [-0.25, -0.2) is 0 Å². The molecule has 4 heteroatoms. The minimum absolute atomic E-state index is 0.0418. The molecule has 0 saturated carbocycles. The van der Waals surface area contributed by atoms with E-state index >= 15 is 0 Å². The minimum Gasteiger partial charge on any atom is -0.426 e. The second-order valence-corrected chi connectivity index (χ2v) is 6.51. The maximum absolute atomic E-state index is 13.2. The van der Waals surface area contributed by atoms with Gasteiger partial charge in [-0.2, -0.15) is 0 Å². The van der Waals surface area contributed by atoms with Gasteiger partial charge in [0.1, 0.15) is 5.75 Å². The first-order chi connectivity index (χ1) is 13.2. The number of carbonyl (C=O) groups is 2. The van der Waals surface area contributed by atoms with Gasteiger partial charge in [-0.05, 0) is 24.3 Å². The van der Waals surface area contributed by atoms with Crippen LogP contribution in [0.4, 0.5) is 0 Å². The van der Waals surface area contributed by atoms with Gasteiger partial charge in [-0.15, -0.1) is 0 Å². The smallest absolute Gasteiger partial charge is 0.308 e. The quantitative estimate of drug-likeness (QED) is 0.339. The topological polar surface area (TPSA) is 48.3 Å². The van der Waals surface area contributed by atoms with E-state index in [1.54, 1.807) is 6.07 Å². The van der Waals surface area contributed by atoms with Crippen molar-refractivity contribution >= 4 is 22.7 Å². The Balaban J connectivity index is 1.96. The van der Waals surface area contributed by atoms with Crippen LogP contribution in [0, 0.1) is 0 Å².